The number of hydrogen-bond donors (Lipinski definition) is 0. The maximum atomic E-state index is 6.66. The molecule has 0 amide bonds. The number of thiophene rings is 1. The fourth-order valence-corrected chi connectivity index (χ4v) is 9.32. The SMILES string of the molecule is c1ccc2c(-c3ccc(N(c4cc5ccccc5c5ccccc45)c4cc5c6ccccc6oc5c5sc6ccccc6c45)cc3)cccc2c1. The molecule has 0 fully saturated rings. The first-order chi connectivity index (χ1) is 25.3. The van der Waals surface area contributed by atoms with E-state index in [9.17, 15) is 0 Å². The summed E-state index contributed by atoms with van der Waals surface area (Å²) >= 11 is 1.81. The van der Waals surface area contributed by atoms with E-state index < -0.39 is 0 Å². The van der Waals surface area contributed by atoms with Crippen LogP contribution in [0.3, 0.4) is 0 Å². The highest BCUT2D eigenvalue weighted by atomic mass is 32.1. The predicted octanol–water partition coefficient (Wildman–Crippen LogP) is 14.6. The van der Waals surface area contributed by atoms with E-state index in [1.165, 1.54) is 63.6 Å². The highest BCUT2D eigenvalue weighted by Crippen LogP contribution is 2.51. The Labute approximate surface area is 298 Å². The molecule has 0 N–H and O–H groups in total. The third kappa shape index (κ3) is 4.29. The molecule has 11 aromatic rings. The quantitative estimate of drug-likeness (QED) is 0.174. The predicted molar refractivity (Wildman–Crippen MR) is 219 cm³/mol. The molecule has 2 heterocycles. The molecule has 9 aromatic carbocycles. The Bertz CT molecular complexity index is 3140. The lowest BCUT2D eigenvalue weighted by Crippen LogP contribution is -2.11. The first-order valence-corrected chi connectivity index (χ1v) is 18.2. The van der Waals surface area contributed by atoms with Gasteiger partial charge in [-0.05, 0) is 74.5 Å². The van der Waals surface area contributed by atoms with Crippen molar-refractivity contribution in [3.05, 3.63) is 176 Å². The number of furan rings is 1. The van der Waals surface area contributed by atoms with Crippen LogP contribution in [0.15, 0.2) is 180 Å². The molecule has 51 heavy (non-hydrogen) atoms. The van der Waals surface area contributed by atoms with E-state index in [0.29, 0.717) is 0 Å². The molecular formula is C48H29NOS. The van der Waals surface area contributed by atoms with E-state index in [-0.39, 0.29) is 0 Å². The summed E-state index contributed by atoms with van der Waals surface area (Å²) in [4.78, 5) is 2.49. The fourth-order valence-electron chi connectivity index (χ4n) is 8.12. The number of nitrogens with zero attached hydrogens (tertiary/aromatic N) is 1. The van der Waals surface area contributed by atoms with Gasteiger partial charge in [-0.25, -0.2) is 0 Å². The lowest BCUT2D eigenvalue weighted by molar-refractivity contribution is 0.673. The second-order valence-electron chi connectivity index (χ2n) is 13.2. The average molecular weight is 668 g/mol. The number of anilines is 3. The van der Waals surface area contributed by atoms with Crippen LogP contribution in [-0.2, 0) is 0 Å². The van der Waals surface area contributed by atoms with Gasteiger partial charge < -0.3 is 9.32 Å². The van der Waals surface area contributed by atoms with Gasteiger partial charge in [0.2, 0.25) is 0 Å². The largest absolute Gasteiger partial charge is 0.455 e. The number of fused-ring (bicyclic) bond motifs is 11. The van der Waals surface area contributed by atoms with Gasteiger partial charge in [-0.15, -0.1) is 11.3 Å². The number of para-hydroxylation sites is 1. The molecule has 0 atom stereocenters. The van der Waals surface area contributed by atoms with E-state index in [2.05, 4.69) is 181 Å². The molecule has 0 aliphatic carbocycles. The van der Waals surface area contributed by atoms with Crippen molar-refractivity contribution < 1.29 is 4.42 Å². The van der Waals surface area contributed by atoms with Gasteiger partial charge in [-0.3, -0.25) is 0 Å². The molecule has 11 rings (SSSR count). The van der Waals surface area contributed by atoms with Gasteiger partial charge in [0.1, 0.15) is 5.58 Å². The van der Waals surface area contributed by atoms with E-state index in [1.54, 1.807) is 0 Å². The second-order valence-corrected chi connectivity index (χ2v) is 14.3. The molecule has 0 bridgehead atoms. The van der Waals surface area contributed by atoms with Crippen LogP contribution in [0.25, 0.3) is 85.6 Å². The van der Waals surface area contributed by atoms with Crippen molar-refractivity contribution in [3.8, 4) is 11.1 Å². The first-order valence-electron chi connectivity index (χ1n) is 17.3. The normalized spacial score (nSPS) is 11.9. The highest BCUT2D eigenvalue weighted by molar-refractivity contribution is 7.26. The van der Waals surface area contributed by atoms with Gasteiger partial charge >= 0.3 is 0 Å². The van der Waals surface area contributed by atoms with Crippen LogP contribution in [0.1, 0.15) is 0 Å². The summed E-state index contributed by atoms with van der Waals surface area (Å²) in [6, 6.07) is 63.8. The summed E-state index contributed by atoms with van der Waals surface area (Å²) in [7, 11) is 0. The molecule has 0 spiro atoms. The lowest BCUT2D eigenvalue weighted by atomic mass is 9.96. The average Bonchev–Trinajstić information content (AvgIpc) is 3.77. The molecule has 2 nitrogen and oxygen atoms in total. The molecular weight excluding hydrogens is 639 g/mol. The Morgan fingerprint density at radius 2 is 1.08 bits per heavy atom. The topological polar surface area (TPSA) is 16.4 Å². The summed E-state index contributed by atoms with van der Waals surface area (Å²) < 4.78 is 9.08. The highest BCUT2D eigenvalue weighted by Gasteiger charge is 2.25. The van der Waals surface area contributed by atoms with Crippen LogP contribution in [0, 0.1) is 0 Å². The zero-order valence-corrected chi connectivity index (χ0v) is 28.3. The summed E-state index contributed by atoms with van der Waals surface area (Å²) in [5.41, 5.74) is 7.67. The lowest BCUT2D eigenvalue weighted by Gasteiger charge is -2.29. The molecule has 0 aliphatic heterocycles. The molecule has 0 aliphatic rings. The number of rotatable bonds is 4. The minimum Gasteiger partial charge on any atom is -0.455 e. The summed E-state index contributed by atoms with van der Waals surface area (Å²) in [5, 5.41) is 12.1. The zero-order chi connectivity index (χ0) is 33.5. The van der Waals surface area contributed by atoms with Crippen LogP contribution < -0.4 is 4.90 Å². The van der Waals surface area contributed by atoms with Crippen molar-refractivity contribution in [1.29, 1.82) is 0 Å². The number of benzene rings is 9. The van der Waals surface area contributed by atoms with Crippen molar-refractivity contribution in [2.45, 2.75) is 0 Å². The summed E-state index contributed by atoms with van der Waals surface area (Å²) in [6.07, 6.45) is 0. The van der Waals surface area contributed by atoms with Crippen LogP contribution in [-0.4, -0.2) is 0 Å². The monoisotopic (exact) mass is 667 g/mol. The van der Waals surface area contributed by atoms with Gasteiger partial charge in [-0.1, -0.05) is 140 Å². The van der Waals surface area contributed by atoms with Gasteiger partial charge in [0.05, 0.1) is 16.1 Å². The standard InChI is InChI=1S/C48H29NOS/c1-3-15-34-30(12-1)14-11-21-35(34)31-24-26-33(27-25-31)49(42-28-32-13-2-4-16-36(32)37-17-5-6-18-38(37)42)43-29-41-39-19-7-9-22-44(39)50-47(41)48-46(43)40-20-8-10-23-45(40)51-48/h1-29H. The van der Waals surface area contributed by atoms with Crippen molar-refractivity contribution in [1.82, 2.24) is 0 Å². The van der Waals surface area contributed by atoms with Gasteiger partial charge in [0.15, 0.2) is 5.58 Å². The van der Waals surface area contributed by atoms with Gasteiger partial charge in [0.25, 0.3) is 0 Å². The Hall–Kier alpha value is -6.42. The van der Waals surface area contributed by atoms with Crippen molar-refractivity contribution >= 4 is 103 Å². The van der Waals surface area contributed by atoms with E-state index in [1.807, 2.05) is 11.3 Å². The number of hydrogen-bond acceptors (Lipinski definition) is 3. The minimum atomic E-state index is 0.908. The van der Waals surface area contributed by atoms with Crippen LogP contribution >= 0.6 is 11.3 Å². The smallest absolute Gasteiger partial charge is 0.153 e. The van der Waals surface area contributed by atoms with Crippen molar-refractivity contribution in [3.63, 3.8) is 0 Å². The Balaban J connectivity index is 1.26. The maximum absolute atomic E-state index is 6.66. The van der Waals surface area contributed by atoms with Crippen LogP contribution in [0.5, 0.6) is 0 Å². The Morgan fingerprint density at radius 3 is 1.92 bits per heavy atom. The molecule has 0 radical (unpaired) electrons. The fraction of sp³-hybridized carbons (Fsp3) is 0. The van der Waals surface area contributed by atoms with E-state index in [4.69, 9.17) is 4.42 Å². The maximum Gasteiger partial charge on any atom is 0.153 e. The summed E-state index contributed by atoms with van der Waals surface area (Å²) in [5.74, 6) is 0. The second kappa shape index (κ2) is 11.0. The third-order valence-corrected chi connectivity index (χ3v) is 11.6. The molecule has 0 unspecified atom stereocenters. The van der Waals surface area contributed by atoms with Crippen LogP contribution in [0.2, 0.25) is 0 Å². The third-order valence-electron chi connectivity index (χ3n) is 10.4. The van der Waals surface area contributed by atoms with Crippen molar-refractivity contribution in [2.24, 2.45) is 0 Å². The Morgan fingerprint density at radius 1 is 0.431 bits per heavy atom. The molecule has 0 saturated carbocycles. The van der Waals surface area contributed by atoms with Gasteiger partial charge in [0, 0.05) is 37.3 Å². The van der Waals surface area contributed by atoms with E-state index in [0.717, 1.165) is 39.0 Å². The first kappa shape index (κ1) is 28.4. The molecule has 3 heteroatoms. The van der Waals surface area contributed by atoms with Crippen molar-refractivity contribution in [2.75, 3.05) is 4.90 Å². The van der Waals surface area contributed by atoms with Gasteiger partial charge in [-0.2, -0.15) is 0 Å². The molecule has 2 aromatic heterocycles. The zero-order valence-electron chi connectivity index (χ0n) is 27.5. The van der Waals surface area contributed by atoms with E-state index >= 15 is 0 Å². The summed E-state index contributed by atoms with van der Waals surface area (Å²) in [6.45, 7) is 0. The van der Waals surface area contributed by atoms with Crippen LogP contribution in [0.4, 0.5) is 17.1 Å². The molecule has 0 saturated heterocycles. The minimum absolute atomic E-state index is 0.908. The molecule has 238 valence electrons. The Kier molecular flexibility index (Phi) is 6.16.